The molecular formula is C11H16O2. The number of hydrogen-bond donors (Lipinski definition) is 2. The highest BCUT2D eigenvalue weighted by atomic mass is 16.3. The van der Waals surface area contributed by atoms with Crippen molar-refractivity contribution in [3.63, 3.8) is 0 Å². The summed E-state index contributed by atoms with van der Waals surface area (Å²) in [5, 5.41) is 17.8. The van der Waals surface area contributed by atoms with Gasteiger partial charge in [0.05, 0.1) is 12.7 Å². The summed E-state index contributed by atoms with van der Waals surface area (Å²) in [6, 6.07) is 8.11. The Bertz CT molecular complexity index is 258. The van der Waals surface area contributed by atoms with E-state index in [1.54, 1.807) is 0 Å². The number of aliphatic hydroxyl groups excluding tert-OH is 2. The number of hydrogen-bond acceptors (Lipinski definition) is 2. The van der Waals surface area contributed by atoms with Crippen LogP contribution in [0.3, 0.4) is 0 Å². The normalized spacial score (nSPS) is 12.8. The standard InChI is InChI=1S/C11H16O2/c1-9-4-2-3-5-10(9)6-7-11(13)8-12/h2-5,11-13H,6-8H2,1H3. The molecule has 0 amide bonds. The predicted molar refractivity (Wildman–Crippen MR) is 52.6 cm³/mol. The van der Waals surface area contributed by atoms with E-state index in [-0.39, 0.29) is 6.61 Å². The van der Waals surface area contributed by atoms with Crippen LogP contribution in [0.2, 0.25) is 0 Å². The molecule has 13 heavy (non-hydrogen) atoms. The second-order valence-corrected chi connectivity index (χ2v) is 3.30. The minimum Gasteiger partial charge on any atom is -0.394 e. The Balaban J connectivity index is 2.50. The van der Waals surface area contributed by atoms with Crippen LogP contribution in [0.5, 0.6) is 0 Å². The van der Waals surface area contributed by atoms with Gasteiger partial charge in [-0.3, -0.25) is 0 Å². The molecule has 0 saturated heterocycles. The fourth-order valence-electron chi connectivity index (χ4n) is 1.30. The first-order valence-corrected chi connectivity index (χ1v) is 4.57. The van der Waals surface area contributed by atoms with Crippen LogP contribution in [0, 0.1) is 6.92 Å². The van der Waals surface area contributed by atoms with Gasteiger partial charge in [-0.25, -0.2) is 0 Å². The SMILES string of the molecule is Cc1ccccc1CCC(O)CO. The third-order valence-electron chi connectivity index (χ3n) is 2.22. The summed E-state index contributed by atoms with van der Waals surface area (Å²) in [6.07, 6.45) is 0.870. The molecule has 0 spiro atoms. The highest BCUT2D eigenvalue weighted by Gasteiger charge is 2.03. The van der Waals surface area contributed by atoms with Crippen LogP contribution >= 0.6 is 0 Å². The van der Waals surface area contributed by atoms with Crippen molar-refractivity contribution in [1.29, 1.82) is 0 Å². The van der Waals surface area contributed by atoms with E-state index in [4.69, 9.17) is 10.2 Å². The van der Waals surface area contributed by atoms with Crippen LogP contribution in [-0.2, 0) is 6.42 Å². The maximum absolute atomic E-state index is 9.16. The molecule has 1 aromatic carbocycles. The summed E-state index contributed by atoms with van der Waals surface area (Å²) in [4.78, 5) is 0. The van der Waals surface area contributed by atoms with E-state index in [0.717, 1.165) is 6.42 Å². The molecular weight excluding hydrogens is 164 g/mol. The first-order valence-electron chi connectivity index (χ1n) is 4.57. The fourth-order valence-corrected chi connectivity index (χ4v) is 1.30. The van der Waals surface area contributed by atoms with Gasteiger partial charge in [-0.1, -0.05) is 24.3 Å². The Morgan fingerprint density at radius 2 is 2.00 bits per heavy atom. The van der Waals surface area contributed by atoms with Gasteiger partial charge in [-0.15, -0.1) is 0 Å². The van der Waals surface area contributed by atoms with Crippen molar-refractivity contribution in [2.24, 2.45) is 0 Å². The lowest BCUT2D eigenvalue weighted by molar-refractivity contribution is 0.0885. The fraction of sp³-hybridized carbons (Fsp3) is 0.455. The molecule has 1 rings (SSSR count). The van der Waals surface area contributed by atoms with Crippen molar-refractivity contribution in [3.8, 4) is 0 Å². The van der Waals surface area contributed by atoms with Crippen LogP contribution in [0.1, 0.15) is 17.5 Å². The third kappa shape index (κ3) is 3.17. The number of aryl methyl sites for hydroxylation is 2. The van der Waals surface area contributed by atoms with E-state index in [2.05, 4.69) is 19.1 Å². The van der Waals surface area contributed by atoms with Crippen LogP contribution < -0.4 is 0 Å². The molecule has 0 aromatic heterocycles. The summed E-state index contributed by atoms with van der Waals surface area (Å²) in [7, 11) is 0. The van der Waals surface area contributed by atoms with Gasteiger partial charge >= 0.3 is 0 Å². The number of aliphatic hydroxyl groups is 2. The second kappa shape index (κ2) is 5.00. The van der Waals surface area contributed by atoms with Gasteiger partial charge in [0.25, 0.3) is 0 Å². The van der Waals surface area contributed by atoms with Gasteiger partial charge in [0.1, 0.15) is 0 Å². The van der Waals surface area contributed by atoms with E-state index in [1.807, 2.05) is 12.1 Å². The van der Waals surface area contributed by atoms with E-state index < -0.39 is 6.10 Å². The maximum Gasteiger partial charge on any atom is 0.0774 e. The van der Waals surface area contributed by atoms with Gasteiger partial charge in [0.15, 0.2) is 0 Å². The lowest BCUT2D eigenvalue weighted by atomic mass is 10.0. The highest BCUT2D eigenvalue weighted by molar-refractivity contribution is 5.25. The minimum absolute atomic E-state index is 0.147. The maximum atomic E-state index is 9.16. The molecule has 1 atom stereocenters. The Kier molecular flexibility index (Phi) is 3.93. The molecule has 0 aliphatic heterocycles. The molecule has 0 aliphatic carbocycles. The monoisotopic (exact) mass is 180 g/mol. The minimum atomic E-state index is -0.584. The van der Waals surface area contributed by atoms with E-state index in [9.17, 15) is 0 Å². The molecule has 1 aromatic rings. The summed E-state index contributed by atoms with van der Waals surface area (Å²) in [6.45, 7) is 1.91. The lowest BCUT2D eigenvalue weighted by Gasteiger charge is -2.08. The molecule has 0 bridgehead atoms. The number of rotatable bonds is 4. The second-order valence-electron chi connectivity index (χ2n) is 3.30. The molecule has 0 heterocycles. The summed E-state index contributed by atoms with van der Waals surface area (Å²) < 4.78 is 0. The van der Waals surface area contributed by atoms with E-state index in [0.29, 0.717) is 6.42 Å². The van der Waals surface area contributed by atoms with Crippen LogP contribution in [0.4, 0.5) is 0 Å². The Morgan fingerprint density at radius 1 is 1.31 bits per heavy atom. The zero-order chi connectivity index (χ0) is 9.68. The predicted octanol–water partition coefficient (Wildman–Crippen LogP) is 1.28. The van der Waals surface area contributed by atoms with Gasteiger partial charge in [0.2, 0.25) is 0 Å². The van der Waals surface area contributed by atoms with Crippen LogP contribution in [0.15, 0.2) is 24.3 Å². The smallest absolute Gasteiger partial charge is 0.0774 e. The lowest BCUT2D eigenvalue weighted by Crippen LogP contribution is -2.12. The average molecular weight is 180 g/mol. The zero-order valence-electron chi connectivity index (χ0n) is 7.90. The molecule has 0 fully saturated rings. The van der Waals surface area contributed by atoms with Gasteiger partial charge in [-0.05, 0) is 30.9 Å². The van der Waals surface area contributed by atoms with E-state index >= 15 is 0 Å². The molecule has 2 N–H and O–H groups in total. The van der Waals surface area contributed by atoms with Gasteiger partial charge in [0, 0.05) is 0 Å². The van der Waals surface area contributed by atoms with Crippen molar-refractivity contribution in [2.45, 2.75) is 25.9 Å². The first kappa shape index (κ1) is 10.2. The molecule has 0 saturated carbocycles. The highest BCUT2D eigenvalue weighted by Crippen LogP contribution is 2.10. The average Bonchev–Trinajstić information content (AvgIpc) is 2.16. The molecule has 2 heteroatoms. The van der Waals surface area contributed by atoms with Crippen LogP contribution in [-0.4, -0.2) is 22.9 Å². The van der Waals surface area contributed by atoms with Crippen molar-refractivity contribution in [2.75, 3.05) is 6.61 Å². The van der Waals surface area contributed by atoms with Crippen LogP contribution in [0.25, 0.3) is 0 Å². The Labute approximate surface area is 78.8 Å². The van der Waals surface area contributed by atoms with Gasteiger partial charge < -0.3 is 10.2 Å². The Morgan fingerprint density at radius 3 is 2.62 bits per heavy atom. The molecule has 0 aliphatic rings. The van der Waals surface area contributed by atoms with Crippen molar-refractivity contribution in [3.05, 3.63) is 35.4 Å². The quantitative estimate of drug-likeness (QED) is 0.732. The van der Waals surface area contributed by atoms with Crippen molar-refractivity contribution < 1.29 is 10.2 Å². The number of benzene rings is 1. The zero-order valence-corrected chi connectivity index (χ0v) is 7.90. The molecule has 1 unspecified atom stereocenters. The third-order valence-corrected chi connectivity index (χ3v) is 2.22. The largest absolute Gasteiger partial charge is 0.394 e. The summed E-state index contributed by atoms with van der Waals surface area (Å²) >= 11 is 0. The topological polar surface area (TPSA) is 40.5 Å². The summed E-state index contributed by atoms with van der Waals surface area (Å²) in [5.41, 5.74) is 2.49. The van der Waals surface area contributed by atoms with Crippen molar-refractivity contribution >= 4 is 0 Å². The van der Waals surface area contributed by atoms with E-state index in [1.165, 1.54) is 11.1 Å². The van der Waals surface area contributed by atoms with Gasteiger partial charge in [-0.2, -0.15) is 0 Å². The molecule has 72 valence electrons. The first-order chi connectivity index (χ1) is 6.24. The van der Waals surface area contributed by atoms with Crippen molar-refractivity contribution in [1.82, 2.24) is 0 Å². The molecule has 0 radical (unpaired) electrons. The summed E-state index contributed by atoms with van der Waals surface area (Å²) in [5.74, 6) is 0. The Hall–Kier alpha value is -0.860. The molecule has 2 nitrogen and oxygen atoms in total.